The lowest BCUT2D eigenvalue weighted by molar-refractivity contribution is 0.00694. The maximum Gasteiger partial charge on any atom is 0.410 e. The van der Waals surface area contributed by atoms with Crippen LogP contribution in [0.2, 0.25) is 0 Å². The van der Waals surface area contributed by atoms with Gasteiger partial charge >= 0.3 is 6.09 Å². The lowest BCUT2D eigenvalue weighted by Gasteiger charge is -2.40. The molecule has 1 aliphatic rings. The van der Waals surface area contributed by atoms with Gasteiger partial charge in [-0.2, -0.15) is 0 Å². The zero-order valence-electron chi connectivity index (χ0n) is 13.0. The van der Waals surface area contributed by atoms with E-state index in [4.69, 9.17) is 4.74 Å². The molecule has 0 spiro atoms. The molecule has 22 heavy (non-hydrogen) atoms. The molecule has 7 nitrogen and oxygen atoms in total. The number of aliphatic hydroxyl groups is 1. The predicted octanol–water partition coefficient (Wildman–Crippen LogP) is 1.66. The number of nitrogens with zero attached hydrogens (tertiary/aromatic N) is 4. The Kier molecular flexibility index (Phi) is 5.23. The zero-order valence-corrected chi connectivity index (χ0v) is 14.6. The van der Waals surface area contributed by atoms with Crippen LogP contribution in [0.15, 0.2) is 16.9 Å². The molecule has 1 aromatic heterocycles. The first-order valence-electron chi connectivity index (χ1n) is 7.13. The van der Waals surface area contributed by atoms with E-state index in [0.717, 1.165) is 4.47 Å². The first-order chi connectivity index (χ1) is 10.3. The third-order valence-corrected chi connectivity index (χ3v) is 3.62. The highest BCUT2D eigenvalue weighted by Crippen LogP contribution is 2.19. The van der Waals surface area contributed by atoms with E-state index in [9.17, 15) is 9.90 Å². The number of aromatic nitrogens is 2. The lowest BCUT2D eigenvalue weighted by atomic mass is 10.2. The van der Waals surface area contributed by atoms with Crippen LogP contribution in [0.4, 0.5) is 10.7 Å². The quantitative estimate of drug-likeness (QED) is 0.850. The third-order valence-electron chi connectivity index (χ3n) is 3.21. The minimum absolute atomic E-state index is 0.133. The maximum atomic E-state index is 12.2. The van der Waals surface area contributed by atoms with Gasteiger partial charge in [-0.15, -0.1) is 0 Å². The minimum Gasteiger partial charge on any atom is -0.444 e. The van der Waals surface area contributed by atoms with Crippen LogP contribution < -0.4 is 4.90 Å². The van der Waals surface area contributed by atoms with Crippen molar-refractivity contribution in [2.45, 2.75) is 32.4 Å². The average Bonchev–Trinajstić information content (AvgIpc) is 2.45. The summed E-state index contributed by atoms with van der Waals surface area (Å²) in [6.07, 6.45) is 2.95. The van der Waals surface area contributed by atoms with Crippen molar-refractivity contribution in [2.24, 2.45) is 0 Å². The third kappa shape index (κ3) is 4.30. The average molecular weight is 373 g/mol. The van der Waals surface area contributed by atoms with Gasteiger partial charge in [-0.25, -0.2) is 14.8 Å². The second-order valence-corrected chi connectivity index (χ2v) is 7.07. The Hall–Kier alpha value is -1.41. The van der Waals surface area contributed by atoms with E-state index in [0.29, 0.717) is 25.6 Å². The van der Waals surface area contributed by atoms with Gasteiger partial charge in [0.15, 0.2) is 0 Å². The zero-order chi connectivity index (χ0) is 16.3. The van der Waals surface area contributed by atoms with E-state index in [1.54, 1.807) is 17.3 Å². The largest absolute Gasteiger partial charge is 0.444 e. The fourth-order valence-corrected chi connectivity index (χ4v) is 2.43. The summed E-state index contributed by atoms with van der Waals surface area (Å²) >= 11 is 3.30. The Labute approximate surface area is 138 Å². The highest BCUT2D eigenvalue weighted by molar-refractivity contribution is 9.10. The Morgan fingerprint density at radius 1 is 1.41 bits per heavy atom. The summed E-state index contributed by atoms with van der Waals surface area (Å²) in [5.41, 5.74) is -0.553. The number of carbonyl (C=O) groups excluding carboxylic acids is 1. The highest BCUT2D eigenvalue weighted by atomic mass is 79.9. The number of halogens is 1. The molecular weight excluding hydrogens is 352 g/mol. The molecule has 1 atom stereocenters. The Morgan fingerprint density at radius 3 is 2.59 bits per heavy atom. The highest BCUT2D eigenvalue weighted by Gasteiger charge is 2.33. The normalized spacial score (nSPS) is 19.2. The van der Waals surface area contributed by atoms with Gasteiger partial charge in [-0.1, -0.05) is 0 Å². The second kappa shape index (κ2) is 6.78. The van der Waals surface area contributed by atoms with Crippen LogP contribution in [-0.4, -0.2) is 64.0 Å². The fraction of sp³-hybridized carbons (Fsp3) is 0.643. The standard InChI is InChI=1S/C14H21BrN4O3/c1-14(2,3)22-13(21)19-5-4-18(8-11(19)9-20)12-16-6-10(15)7-17-12/h6-7,11,20H,4-5,8-9H2,1-3H3/t11-/m1/s1. The van der Waals surface area contributed by atoms with E-state index >= 15 is 0 Å². The van der Waals surface area contributed by atoms with E-state index in [-0.39, 0.29) is 12.6 Å². The molecule has 2 rings (SSSR count). The molecule has 1 saturated heterocycles. The number of ether oxygens (including phenoxy) is 1. The molecule has 2 heterocycles. The number of hydrogen-bond acceptors (Lipinski definition) is 6. The summed E-state index contributed by atoms with van der Waals surface area (Å²) < 4.78 is 6.19. The van der Waals surface area contributed by atoms with Crippen molar-refractivity contribution >= 4 is 28.0 Å². The van der Waals surface area contributed by atoms with Crippen molar-refractivity contribution in [1.82, 2.24) is 14.9 Å². The number of hydrogen-bond donors (Lipinski definition) is 1. The van der Waals surface area contributed by atoms with Gasteiger partial charge in [0.25, 0.3) is 0 Å². The number of anilines is 1. The summed E-state index contributed by atoms with van der Waals surface area (Å²) in [5, 5.41) is 9.59. The van der Waals surface area contributed by atoms with Gasteiger partial charge in [0.05, 0.1) is 17.1 Å². The molecule has 1 amide bonds. The molecule has 8 heteroatoms. The van der Waals surface area contributed by atoms with E-state index < -0.39 is 11.7 Å². The van der Waals surface area contributed by atoms with E-state index in [1.165, 1.54) is 0 Å². The number of carbonyl (C=O) groups is 1. The van der Waals surface area contributed by atoms with E-state index in [2.05, 4.69) is 25.9 Å². The summed E-state index contributed by atoms with van der Waals surface area (Å²) in [6.45, 7) is 6.86. The van der Waals surface area contributed by atoms with Crippen LogP contribution in [-0.2, 0) is 4.74 Å². The van der Waals surface area contributed by atoms with Gasteiger partial charge < -0.3 is 14.7 Å². The number of aliphatic hydroxyl groups excluding tert-OH is 1. The molecule has 1 fully saturated rings. The summed E-state index contributed by atoms with van der Waals surface area (Å²) in [7, 11) is 0. The molecule has 1 N–H and O–H groups in total. The number of amides is 1. The van der Waals surface area contributed by atoms with Crippen LogP contribution >= 0.6 is 15.9 Å². The van der Waals surface area contributed by atoms with Crippen molar-refractivity contribution in [2.75, 3.05) is 31.1 Å². The molecule has 122 valence electrons. The maximum absolute atomic E-state index is 12.2. The molecule has 0 aliphatic carbocycles. The van der Waals surface area contributed by atoms with Gasteiger partial charge in [0.1, 0.15) is 5.60 Å². The smallest absolute Gasteiger partial charge is 0.410 e. The summed E-state index contributed by atoms with van der Waals surface area (Å²) in [6, 6.07) is -0.337. The molecule has 0 radical (unpaired) electrons. The van der Waals surface area contributed by atoms with Gasteiger partial charge in [0.2, 0.25) is 5.95 Å². The summed E-state index contributed by atoms with van der Waals surface area (Å²) in [4.78, 5) is 24.2. The van der Waals surface area contributed by atoms with Crippen LogP contribution in [0.3, 0.4) is 0 Å². The monoisotopic (exact) mass is 372 g/mol. The first-order valence-corrected chi connectivity index (χ1v) is 7.92. The molecule has 0 unspecified atom stereocenters. The lowest BCUT2D eigenvalue weighted by Crippen LogP contribution is -2.57. The van der Waals surface area contributed by atoms with Gasteiger partial charge in [0, 0.05) is 32.0 Å². The van der Waals surface area contributed by atoms with Crippen LogP contribution in [0.5, 0.6) is 0 Å². The fourth-order valence-electron chi connectivity index (χ4n) is 2.22. The number of piperazine rings is 1. The minimum atomic E-state index is -0.553. The van der Waals surface area contributed by atoms with Gasteiger partial charge in [-0.05, 0) is 36.7 Å². The molecule has 1 aromatic rings. The molecule has 0 saturated carbocycles. The number of rotatable bonds is 2. The predicted molar refractivity (Wildman–Crippen MR) is 85.8 cm³/mol. The topological polar surface area (TPSA) is 78.8 Å². The first kappa shape index (κ1) is 17.0. The Balaban J connectivity index is 2.05. The van der Waals surface area contributed by atoms with E-state index in [1.807, 2.05) is 25.7 Å². The SMILES string of the molecule is CC(C)(C)OC(=O)N1CCN(c2ncc(Br)cn2)C[C@@H]1CO. The van der Waals surface area contributed by atoms with Crippen LogP contribution in [0.1, 0.15) is 20.8 Å². The van der Waals surface area contributed by atoms with Crippen molar-refractivity contribution in [3.8, 4) is 0 Å². The molecular formula is C14H21BrN4O3. The van der Waals surface area contributed by atoms with Crippen molar-refractivity contribution < 1.29 is 14.6 Å². The van der Waals surface area contributed by atoms with Crippen LogP contribution in [0.25, 0.3) is 0 Å². The van der Waals surface area contributed by atoms with Crippen molar-refractivity contribution in [1.29, 1.82) is 0 Å². The molecule has 0 bridgehead atoms. The van der Waals surface area contributed by atoms with Crippen molar-refractivity contribution in [3.05, 3.63) is 16.9 Å². The Morgan fingerprint density at radius 2 is 2.05 bits per heavy atom. The second-order valence-electron chi connectivity index (χ2n) is 6.16. The Bertz CT molecular complexity index is 518. The molecule has 1 aliphatic heterocycles. The molecule has 0 aromatic carbocycles. The van der Waals surface area contributed by atoms with Crippen molar-refractivity contribution in [3.63, 3.8) is 0 Å². The van der Waals surface area contributed by atoms with Crippen LogP contribution in [0, 0.1) is 0 Å². The van der Waals surface area contributed by atoms with Gasteiger partial charge in [-0.3, -0.25) is 4.90 Å². The summed E-state index contributed by atoms with van der Waals surface area (Å²) in [5.74, 6) is 0.588.